The molecule has 60 valence electrons. The van der Waals surface area contributed by atoms with Gasteiger partial charge in [-0.25, -0.2) is 0 Å². The Morgan fingerprint density at radius 1 is 1.00 bits per heavy atom. The van der Waals surface area contributed by atoms with Crippen molar-refractivity contribution in [3.63, 3.8) is 0 Å². The Labute approximate surface area is 81.9 Å². The first-order chi connectivity index (χ1) is 3.46. The van der Waals surface area contributed by atoms with E-state index in [-0.39, 0.29) is 29.8 Å². The molecule has 0 radical (unpaired) electrons. The molecule has 0 N–H and O–H groups in total. The third-order valence-corrected chi connectivity index (χ3v) is 0. The second kappa shape index (κ2) is 16.6. The molecule has 0 aromatic rings. The molecule has 0 aromatic carbocycles. The first kappa shape index (κ1) is 22.5. The van der Waals surface area contributed by atoms with Crippen molar-refractivity contribution in [3.8, 4) is 0 Å². The molecule has 4 nitrogen and oxygen atoms in total. The third kappa shape index (κ3) is 538. The van der Waals surface area contributed by atoms with Gasteiger partial charge in [-0.05, 0) is 12.5 Å². The molecule has 0 saturated carbocycles. The second-order valence-corrected chi connectivity index (χ2v) is 2.41. The van der Waals surface area contributed by atoms with Crippen LogP contribution in [0.4, 0.5) is 0 Å². The second-order valence-electron chi connectivity index (χ2n) is 0.803. The van der Waals surface area contributed by atoms with E-state index in [0.717, 1.165) is 12.5 Å². The van der Waals surface area contributed by atoms with E-state index in [0.29, 0.717) is 0 Å². The zero-order valence-corrected chi connectivity index (χ0v) is 8.95. The SMILES string of the molecule is CS(=O)[O-].CS(=O)[O-].[Al+3].[Cl-]. The van der Waals surface area contributed by atoms with Gasteiger partial charge in [-0.2, -0.15) is 0 Å². The van der Waals surface area contributed by atoms with Crippen molar-refractivity contribution in [3.05, 3.63) is 0 Å². The molecule has 10 heavy (non-hydrogen) atoms. The first-order valence-electron chi connectivity index (χ1n) is 1.48. The molecule has 8 heteroatoms. The summed E-state index contributed by atoms with van der Waals surface area (Å²) in [6, 6.07) is 0. The summed E-state index contributed by atoms with van der Waals surface area (Å²) < 4.78 is 36.0. The minimum atomic E-state index is -1.86. The van der Waals surface area contributed by atoms with Gasteiger partial charge in [0.2, 0.25) is 0 Å². The molecular weight excluding hydrogens is 215 g/mol. The standard InChI is InChI=1S/2CH4O2S.Al.ClH/c2*1-4(2)3;;/h2*1H3,(H,2,3);;1H/q;;+3;/p-3. The molecule has 0 rings (SSSR count). The topological polar surface area (TPSA) is 80.3 Å². The molecule has 0 fully saturated rings. The maximum atomic E-state index is 9.00. The van der Waals surface area contributed by atoms with Crippen LogP contribution in [0.5, 0.6) is 0 Å². The van der Waals surface area contributed by atoms with E-state index in [1.807, 2.05) is 0 Å². The van der Waals surface area contributed by atoms with Gasteiger partial charge in [-0.1, -0.05) is 22.2 Å². The van der Waals surface area contributed by atoms with E-state index < -0.39 is 22.2 Å². The Bertz CT molecular complexity index is 79.3. The summed E-state index contributed by atoms with van der Waals surface area (Å²) >= 11 is -3.72. The molecule has 0 heterocycles. The molecule has 2 unspecified atom stereocenters. The monoisotopic (exact) mass is 220 g/mol. The molecule has 0 spiro atoms. The van der Waals surface area contributed by atoms with Crippen LogP contribution in [0.25, 0.3) is 0 Å². The van der Waals surface area contributed by atoms with Gasteiger partial charge in [0.05, 0.1) is 0 Å². The first-order valence-corrected chi connectivity index (χ1v) is 4.45. The van der Waals surface area contributed by atoms with Crippen LogP contribution in [-0.2, 0) is 22.2 Å². The quantitative estimate of drug-likeness (QED) is 0.305. The average Bonchev–Trinajstić information content (AvgIpc) is 1.25. The van der Waals surface area contributed by atoms with Crippen molar-refractivity contribution >= 4 is 39.5 Å². The Morgan fingerprint density at radius 3 is 1.00 bits per heavy atom. The Hall–Kier alpha value is 1.04. The summed E-state index contributed by atoms with van der Waals surface area (Å²) in [7, 11) is 0. The molecule has 2 atom stereocenters. The summed E-state index contributed by atoms with van der Waals surface area (Å²) in [5.41, 5.74) is 0. The molecule has 0 aliphatic rings. The molecule has 0 aromatic heterocycles. The third-order valence-electron chi connectivity index (χ3n) is 0. The molecule has 0 amide bonds. The zero-order chi connectivity index (χ0) is 7.15. The van der Waals surface area contributed by atoms with E-state index >= 15 is 0 Å². The van der Waals surface area contributed by atoms with Gasteiger partial charge in [0.15, 0.2) is 0 Å². The summed E-state index contributed by atoms with van der Waals surface area (Å²) in [5, 5.41) is 0. The summed E-state index contributed by atoms with van der Waals surface area (Å²) in [6.45, 7) is 0. The maximum absolute atomic E-state index is 9.00. The number of hydrogen-bond donors (Lipinski definition) is 0. The minimum Gasteiger partial charge on any atom is -1.00 e. The van der Waals surface area contributed by atoms with E-state index in [9.17, 15) is 0 Å². The minimum absolute atomic E-state index is 0. The number of halogens is 1. The van der Waals surface area contributed by atoms with E-state index in [1.54, 1.807) is 0 Å². The van der Waals surface area contributed by atoms with Crippen LogP contribution in [0.2, 0.25) is 0 Å². The van der Waals surface area contributed by atoms with Gasteiger partial charge in [-0.15, -0.1) is 0 Å². The molecule has 0 aliphatic heterocycles. The fourth-order valence-corrected chi connectivity index (χ4v) is 0. The van der Waals surface area contributed by atoms with E-state index in [2.05, 4.69) is 0 Å². The maximum Gasteiger partial charge on any atom is 3.00 e. The summed E-state index contributed by atoms with van der Waals surface area (Å²) in [6.07, 6.45) is 2.17. The van der Waals surface area contributed by atoms with Gasteiger partial charge >= 0.3 is 17.4 Å². The van der Waals surface area contributed by atoms with Crippen molar-refractivity contribution in [1.82, 2.24) is 0 Å². The normalized spacial score (nSPS) is 12.4. The van der Waals surface area contributed by atoms with Gasteiger partial charge in [0.1, 0.15) is 0 Å². The van der Waals surface area contributed by atoms with E-state index in [1.165, 1.54) is 0 Å². The fourth-order valence-electron chi connectivity index (χ4n) is 0. The zero-order valence-electron chi connectivity index (χ0n) is 5.40. The van der Waals surface area contributed by atoms with Crippen LogP contribution in [-0.4, -0.2) is 47.4 Å². The van der Waals surface area contributed by atoms with Crippen LogP contribution in [0.3, 0.4) is 0 Å². The number of hydrogen-bond acceptors (Lipinski definition) is 4. The number of rotatable bonds is 0. The van der Waals surface area contributed by atoms with Crippen molar-refractivity contribution in [1.29, 1.82) is 0 Å². The molecular formula is C2H6AlClO4S2. The predicted molar refractivity (Wildman–Crippen MR) is 35.4 cm³/mol. The van der Waals surface area contributed by atoms with Crippen molar-refractivity contribution in [2.24, 2.45) is 0 Å². The largest absolute Gasteiger partial charge is 3.00 e. The average molecular weight is 221 g/mol. The van der Waals surface area contributed by atoms with Crippen LogP contribution >= 0.6 is 0 Å². The Morgan fingerprint density at radius 2 is 1.00 bits per heavy atom. The molecule has 0 aliphatic carbocycles. The predicted octanol–water partition coefficient (Wildman–Crippen LogP) is -4.39. The van der Waals surface area contributed by atoms with Gasteiger partial charge in [-0.3, -0.25) is 8.42 Å². The summed E-state index contributed by atoms with van der Waals surface area (Å²) in [4.78, 5) is 0. The van der Waals surface area contributed by atoms with Crippen molar-refractivity contribution in [2.75, 3.05) is 12.5 Å². The van der Waals surface area contributed by atoms with Crippen LogP contribution in [0, 0.1) is 0 Å². The van der Waals surface area contributed by atoms with Crippen LogP contribution in [0.15, 0.2) is 0 Å². The fraction of sp³-hybridized carbons (Fsp3) is 1.00. The van der Waals surface area contributed by atoms with Crippen LogP contribution in [0.1, 0.15) is 0 Å². The Balaban J connectivity index is -0.0000000300. The van der Waals surface area contributed by atoms with Crippen molar-refractivity contribution < 1.29 is 29.9 Å². The Kier molecular flexibility index (Phi) is 37.2. The molecule has 0 bridgehead atoms. The van der Waals surface area contributed by atoms with Gasteiger partial charge in [0.25, 0.3) is 0 Å². The van der Waals surface area contributed by atoms with E-state index in [4.69, 9.17) is 17.5 Å². The van der Waals surface area contributed by atoms with Gasteiger partial charge in [0, 0.05) is 0 Å². The van der Waals surface area contributed by atoms with Gasteiger partial charge < -0.3 is 21.5 Å². The van der Waals surface area contributed by atoms with Crippen LogP contribution < -0.4 is 12.4 Å². The van der Waals surface area contributed by atoms with Crippen molar-refractivity contribution in [2.45, 2.75) is 0 Å². The smallest absolute Gasteiger partial charge is 1.00 e. The summed E-state index contributed by atoms with van der Waals surface area (Å²) in [5.74, 6) is 0. The molecule has 0 saturated heterocycles.